The minimum absolute atomic E-state index is 0.154. The summed E-state index contributed by atoms with van der Waals surface area (Å²) in [5.74, 6) is 0. The van der Waals surface area contributed by atoms with Crippen molar-refractivity contribution >= 4 is 6.09 Å². The molecule has 0 radical (unpaired) electrons. The molecule has 0 bridgehead atoms. The number of rotatable bonds is 2. The molecule has 16 heavy (non-hydrogen) atoms. The second kappa shape index (κ2) is 4.18. The van der Waals surface area contributed by atoms with Crippen molar-refractivity contribution < 1.29 is 19.0 Å². The molecule has 1 atom stereocenters. The average Bonchev–Trinajstić information content (AvgIpc) is 2.08. The predicted molar refractivity (Wildman–Crippen MR) is 56.7 cm³/mol. The lowest BCUT2D eigenvalue weighted by molar-refractivity contribution is -0.107. The Balaban J connectivity index is 2.44. The molecule has 5 nitrogen and oxygen atoms in total. The molecule has 1 amide bonds. The summed E-state index contributed by atoms with van der Waals surface area (Å²) in [5, 5.41) is 9.29. The standard InChI is InChI=1S/C10H19FN2O3/c1-9(2,3)16-8(15)13-5-10(11,6-13)7(14)4-12/h7,14H,4-6,12H2,1-3H3. The first-order valence-electron chi connectivity index (χ1n) is 5.23. The van der Waals surface area contributed by atoms with Gasteiger partial charge in [0.15, 0.2) is 5.67 Å². The van der Waals surface area contributed by atoms with Crippen LogP contribution in [0.4, 0.5) is 9.18 Å². The number of carbonyl (C=O) groups excluding carboxylic acids is 1. The summed E-state index contributed by atoms with van der Waals surface area (Å²) in [6, 6.07) is 0. The maximum Gasteiger partial charge on any atom is 0.410 e. The highest BCUT2D eigenvalue weighted by Crippen LogP contribution is 2.30. The Kier molecular flexibility index (Phi) is 3.44. The van der Waals surface area contributed by atoms with Gasteiger partial charge in [-0.25, -0.2) is 9.18 Å². The number of hydrogen-bond donors (Lipinski definition) is 2. The molecule has 1 rings (SSSR count). The van der Waals surface area contributed by atoms with E-state index in [-0.39, 0.29) is 19.6 Å². The number of alkyl halides is 1. The summed E-state index contributed by atoms with van der Waals surface area (Å²) in [6.07, 6.45) is -1.80. The van der Waals surface area contributed by atoms with Gasteiger partial charge in [0.1, 0.15) is 11.7 Å². The fourth-order valence-electron chi connectivity index (χ4n) is 1.47. The SMILES string of the molecule is CC(C)(C)OC(=O)N1CC(F)(C(O)CN)C1. The second-order valence-electron chi connectivity index (χ2n) is 5.12. The highest BCUT2D eigenvalue weighted by atomic mass is 19.1. The lowest BCUT2D eigenvalue weighted by Gasteiger charge is -2.46. The largest absolute Gasteiger partial charge is 0.444 e. The molecule has 1 aliphatic heterocycles. The van der Waals surface area contributed by atoms with Gasteiger partial charge in [-0.3, -0.25) is 0 Å². The van der Waals surface area contributed by atoms with Gasteiger partial charge >= 0.3 is 6.09 Å². The Morgan fingerprint density at radius 2 is 2.12 bits per heavy atom. The normalized spacial score (nSPS) is 21.2. The zero-order valence-corrected chi connectivity index (χ0v) is 9.86. The molecular formula is C10H19FN2O3. The predicted octanol–water partition coefficient (Wildman–Crippen LogP) is 0.265. The molecular weight excluding hydrogens is 215 g/mol. The van der Waals surface area contributed by atoms with Crippen molar-refractivity contribution in [2.24, 2.45) is 5.73 Å². The maximum atomic E-state index is 13.8. The van der Waals surface area contributed by atoms with Gasteiger partial charge in [-0.2, -0.15) is 0 Å². The van der Waals surface area contributed by atoms with E-state index in [9.17, 15) is 14.3 Å². The van der Waals surface area contributed by atoms with Crippen molar-refractivity contribution in [2.45, 2.75) is 38.1 Å². The number of likely N-dealkylation sites (tertiary alicyclic amines) is 1. The van der Waals surface area contributed by atoms with Crippen molar-refractivity contribution in [1.82, 2.24) is 4.90 Å². The molecule has 0 saturated carbocycles. The Labute approximate surface area is 94.4 Å². The zero-order valence-electron chi connectivity index (χ0n) is 9.86. The van der Waals surface area contributed by atoms with Crippen LogP contribution >= 0.6 is 0 Å². The third kappa shape index (κ3) is 2.82. The number of carbonyl (C=O) groups is 1. The first kappa shape index (κ1) is 13.2. The van der Waals surface area contributed by atoms with Crippen LogP contribution in [0.15, 0.2) is 0 Å². The molecule has 0 aromatic carbocycles. The van der Waals surface area contributed by atoms with Gasteiger partial charge in [-0.15, -0.1) is 0 Å². The van der Waals surface area contributed by atoms with E-state index in [1.54, 1.807) is 20.8 Å². The summed E-state index contributed by atoms with van der Waals surface area (Å²) in [7, 11) is 0. The first-order valence-corrected chi connectivity index (χ1v) is 5.23. The third-order valence-electron chi connectivity index (χ3n) is 2.38. The summed E-state index contributed by atoms with van der Waals surface area (Å²) < 4.78 is 18.8. The van der Waals surface area contributed by atoms with Crippen molar-refractivity contribution in [1.29, 1.82) is 0 Å². The molecule has 1 heterocycles. The van der Waals surface area contributed by atoms with E-state index < -0.39 is 23.5 Å². The van der Waals surface area contributed by atoms with Crippen LogP contribution in [0.2, 0.25) is 0 Å². The van der Waals surface area contributed by atoms with Crippen molar-refractivity contribution in [3.63, 3.8) is 0 Å². The number of ether oxygens (including phenoxy) is 1. The topological polar surface area (TPSA) is 75.8 Å². The first-order chi connectivity index (χ1) is 7.18. The average molecular weight is 234 g/mol. The van der Waals surface area contributed by atoms with Gasteiger partial charge in [-0.1, -0.05) is 0 Å². The maximum absolute atomic E-state index is 13.8. The fourth-order valence-corrected chi connectivity index (χ4v) is 1.47. The Morgan fingerprint density at radius 1 is 1.62 bits per heavy atom. The Morgan fingerprint density at radius 3 is 2.50 bits per heavy atom. The lowest BCUT2D eigenvalue weighted by Crippen LogP contribution is -2.67. The van der Waals surface area contributed by atoms with Gasteiger partial charge in [0, 0.05) is 6.54 Å². The minimum Gasteiger partial charge on any atom is -0.444 e. The van der Waals surface area contributed by atoms with Crippen LogP contribution in [0.25, 0.3) is 0 Å². The van der Waals surface area contributed by atoms with E-state index in [0.29, 0.717) is 0 Å². The van der Waals surface area contributed by atoms with Gasteiger partial charge in [0.25, 0.3) is 0 Å². The van der Waals surface area contributed by atoms with Crippen molar-refractivity contribution in [2.75, 3.05) is 19.6 Å². The van der Waals surface area contributed by atoms with Gasteiger partial charge < -0.3 is 20.5 Å². The zero-order chi connectivity index (χ0) is 12.6. The number of nitrogens with two attached hydrogens (primary N) is 1. The van der Waals surface area contributed by atoms with Gasteiger partial charge in [0.2, 0.25) is 0 Å². The molecule has 94 valence electrons. The molecule has 0 aliphatic carbocycles. The second-order valence-corrected chi connectivity index (χ2v) is 5.12. The van der Waals surface area contributed by atoms with Crippen LogP contribution in [-0.4, -0.2) is 53.1 Å². The van der Waals surface area contributed by atoms with E-state index in [1.807, 2.05) is 0 Å². The summed E-state index contributed by atoms with van der Waals surface area (Å²) in [5.41, 5.74) is 2.78. The fraction of sp³-hybridized carbons (Fsp3) is 0.900. The molecule has 1 aliphatic rings. The highest BCUT2D eigenvalue weighted by molar-refractivity contribution is 5.69. The number of hydrogen-bond acceptors (Lipinski definition) is 4. The summed E-state index contributed by atoms with van der Waals surface area (Å²) in [6.45, 7) is 4.73. The quantitative estimate of drug-likeness (QED) is 0.719. The number of amides is 1. The number of halogens is 1. The van der Waals surface area contributed by atoms with Crippen molar-refractivity contribution in [3.05, 3.63) is 0 Å². The smallest absolute Gasteiger partial charge is 0.410 e. The molecule has 1 saturated heterocycles. The van der Waals surface area contributed by atoms with Gasteiger partial charge in [-0.05, 0) is 20.8 Å². The molecule has 0 aromatic rings. The van der Waals surface area contributed by atoms with E-state index >= 15 is 0 Å². The highest BCUT2D eigenvalue weighted by Gasteiger charge is 2.51. The van der Waals surface area contributed by atoms with E-state index in [1.165, 1.54) is 4.90 Å². The van der Waals surface area contributed by atoms with Gasteiger partial charge in [0.05, 0.1) is 13.1 Å². The van der Waals surface area contributed by atoms with Crippen LogP contribution in [-0.2, 0) is 4.74 Å². The van der Waals surface area contributed by atoms with E-state index in [0.717, 1.165) is 0 Å². The van der Waals surface area contributed by atoms with Crippen LogP contribution in [0.5, 0.6) is 0 Å². The summed E-state index contributed by atoms with van der Waals surface area (Å²) in [4.78, 5) is 12.7. The molecule has 1 fully saturated rings. The van der Waals surface area contributed by atoms with Crippen LogP contribution in [0.1, 0.15) is 20.8 Å². The Hall–Kier alpha value is -0.880. The van der Waals surface area contributed by atoms with Crippen LogP contribution < -0.4 is 5.73 Å². The summed E-state index contributed by atoms with van der Waals surface area (Å²) >= 11 is 0. The number of aliphatic hydroxyl groups is 1. The third-order valence-corrected chi connectivity index (χ3v) is 2.38. The van der Waals surface area contributed by atoms with Crippen molar-refractivity contribution in [3.8, 4) is 0 Å². The van der Waals surface area contributed by atoms with Crippen LogP contribution in [0.3, 0.4) is 0 Å². The molecule has 1 unspecified atom stereocenters. The minimum atomic E-state index is -1.79. The number of nitrogens with zero attached hydrogens (tertiary/aromatic N) is 1. The van der Waals surface area contributed by atoms with E-state index in [4.69, 9.17) is 10.5 Å². The lowest BCUT2D eigenvalue weighted by atomic mass is 9.90. The monoisotopic (exact) mass is 234 g/mol. The van der Waals surface area contributed by atoms with E-state index in [2.05, 4.69) is 0 Å². The Bertz CT molecular complexity index is 272. The molecule has 0 spiro atoms. The number of aliphatic hydroxyl groups excluding tert-OH is 1. The molecule has 6 heteroatoms. The molecule has 3 N–H and O–H groups in total. The van der Waals surface area contributed by atoms with Crippen LogP contribution in [0, 0.1) is 0 Å². The molecule has 0 aromatic heterocycles.